The van der Waals surface area contributed by atoms with Gasteiger partial charge in [0.2, 0.25) is 5.91 Å². The average Bonchev–Trinajstić information content (AvgIpc) is 2.63. The highest BCUT2D eigenvalue weighted by Gasteiger charge is 2.39. The van der Waals surface area contributed by atoms with Gasteiger partial charge in [0.1, 0.15) is 12.6 Å². The minimum atomic E-state index is -0.500. The van der Waals surface area contributed by atoms with E-state index in [4.69, 9.17) is 9.47 Å². The molecular formula is C19H26N2O5. The predicted octanol–water partition coefficient (Wildman–Crippen LogP) is 2.20. The molecule has 0 bridgehead atoms. The van der Waals surface area contributed by atoms with E-state index < -0.39 is 18.1 Å². The van der Waals surface area contributed by atoms with Gasteiger partial charge in [0, 0.05) is 26.1 Å². The van der Waals surface area contributed by atoms with Crippen LogP contribution in [0.25, 0.3) is 0 Å². The molecule has 0 saturated carbocycles. The standard InChI is InChI=1S/C19H26N2O5/c1-4-15(12-17(22)21-11-10-16(21)18(23)25-3)20(2)19(24)26-13-14-8-6-5-7-9-14/h5-9,15-16H,4,10-13H2,1-3H3. The summed E-state index contributed by atoms with van der Waals surface area (Å²) in [6.45, 7) is 2.63. The molecule has 0 radical (unpaired) electrons. The van der Waals surface area contributed by atoms with Crippen LogP contribution < -0.4 is 0 Å². The van der Waals surface area contributed by atoms with Gasteiger partial charge in [0.15, 0.2) is 0 Å². The third-order valence-corrected chi connectivity index (χ3v) is 4.74. The van der Waals surface area contributed by atoms with Crippen molar-refractivity contribution < 1.29 is 23.9 Å². The summed E-state index contributed by atoms with van der Waals surface area (Å²) in [4.78, 5) is 39.3. The molecule has 2 rings (SSSR count). The molecule has 7 nitrogen and oxygen atoms in total. The van der Waals surface area contributed by atoms with Crippen LogP contribution in [0.5, 0.6) is 0 Å². The van der Waals surface area contributed by atoms with Gasteiger partial charge in [0.25, 0.3) is 0 Å². The first-order valence-electron chi connectivity index (χ1n) is 8.78. The van der Waals surface area contributed by atoms with Gasteiger partial charge in [-0.25, -0.2) is 9.59 Å². The summed E-state index contributed by atoms with van der Waals surface area (Å²) in [5.74, 6) is -0.547. The molecule has 26 heavy (non-hydrogen) atoms. The van der Waals surface area contributed by atoms with Gasteiger partial charge in [-0.15, -0.1) is 0 Å². The summed E-state index contributed by atoms with van der Waals surface area (Å²) in [5.41, 5.74) is 0.903. The molecule has 1 aromatic carbocycles. The van der Waals surface area contributed by atoms with E-state index in [0.717, 1.165) is 5.56 Å². The van der Waals surface area contributed by atoms with Crippen molar-refractivity contribution in [2.45, 2.75) is 44.9 Å². The number of carbonyl (C=O) groups excluding carboxylic acids is 3. The number of methoxy groups -OCH3 is 1. The molecule has 0 aromatic heterocycles. The SMILES string of the molecule is CCC(CC(=O)N1CCC1C(=O)OC)N(C)C(=O)OCc1ccccc1. The second-order valence-corrected chi connectivity index (χ2v) is 6.33. The van der Waals surface area contributed by atoms with E-state index >= 15 is 0 Å². The molecule has 0 aliphatic carbocycles. The Balaban J connectivity index is 1.87. The van der Waals surface area contributed by atoms with Crippen molar-refractivity contribution in [2.75, 3.05) is 20.7 Å². The molecule has 0 spiro atoms. The Morgan fingerprint density at radius 2 is 1.96 bits per heavy atom. The molecule has 1 heterocycles. The van der Waals surface area contributed by atoms with Crippen LogP contribution in [0.15, 0.2) is 30.3 Å². The first kappa shape index (κ1) is 19.8. The highest BCUT2D eigenvalue weighted by Crippen LogP contribution is 2.21. The molecular weight excluding hydrogens is 336 g/mol. The van der Waals surface area contributed by atoms with Gasteiger partial charge in [0.05, 0.1) is 7.11 Å². The van der Waals surface area contributed by atoms with Crippen molar-refractivity contribution in [3.8, 4) is 0 Å². The Labute approximate surface area is 153 Å². The third-order valence-electron chi connectivity index (χ3n) is 4.74. The zero-order valence-corrected chi connectivity index (χ0v) is 15.5. The Hall–Kier alpha value is -2.57. The number of carbonyl (C=O) groups is 3. The summed E-state index contributed by atoms with van der Waals surface area (Å²) in [7, 11) is 2.94. The van der Waals surface area contributed by atoms with Gasteiger partial charge in [-0.2, -0.15) is 0 Å². The first-order chi connectivity index (χ1) is 12.5. The number of nitrogens with zero attached hydrogens (tertiary/aromatic N) is 2. The highest BCUT2D eigenvalue weighted by atomic mass is 16.6. The fourth-order valence-corrected chi connectivity index (χ4v) is 2.91. The fourth-order valence-electron chi connectivity index (χ4n) is 2.91. The molecule has 1 aromatic rings. The topological polar surface area (TPSA) is 76.2 Å². The third kappa shape index (κ3) is 4.74. The summed E-state index contributed by atoms with van der Waals surface area (Å²) in [6.07, 6.45) is 0.909. The summed E-state index contributed by atoms with van der Waals surface area (Å²) in [5, 5.41) is 0. The van der Waals surface area contributed by atoms with Gasteiger partial charge in [-0.05, 0) is 18.4 Å². The smallest absolute Gasteiger partial charge is 0.410 e. The number of esters is 1. The quantitative estimate of drug-likeness (QED) is 0.695. The molecule has 2 amide bonds. The van der Waals surface area contributed by atoms with E-state index in [0.29, 0.717) is 19.4 Å². The largest absolute Gasteiger partial charge is 0.467 e. The van der Waals surface area contributed by atoms with Crippen LogP contribution in [-0.2, 0) is 25.7 Å². The van der Waals surface area contributed by atoms with E-state index in [1.807, 2.05) is 37.3 Å². The van der Waals surface area contributed by atoms with Crippen molar-refractivity contribution in [3.63, 3.8) is 0 Å². The van der Waals surface area contributed by atoms with Crippen LogP contribution in [0.4, 0.5) is 4.79 Å². The summed E-state index contributed by atoms with van der Waals surface area (Å²) < 4.78 is 10.0. The van der Waals surface area contributed by atoms with E-state index in [-0.39, 0.29) is 25.0 Å². The summed E-state index contributed by atoms with van der Waals surface area (Å²) >= 11 is 0. The van der Waals surface area contributed by atoms with Gasteiger partial charge in [-0.3, -0.25) is 4.79 Å². The lowest BCUT2D eigenvalue weighted by Crippen LogP contribution is -2.56. The predicted molar refractivity (Wildman–Crippen MR) is 95.2 cm³/mol. The molecule has 1 aliphatic heterocycles. The normalized spacial score (nSPS) is 17.0. The lowest BCUT2D eigenvalue weighted by molar-refractivity contribution is -0.160. The molecule has 2 atom stereocenters. The van der Waals surface area contributed by atoms with Crippen LogP contribution >= 0.6 is 0 Å². The van der Waals surface area contributed by atoms with Crippen molar-refractivity contribution in [2.24, 2.45) is 0 Å². The molecule has 0 N–H and O–H groups in total. The van der Waals surface area contributed by atoms with Crippen molar-refractivity contribution in [1.29, 1.82) is 0 Å². The number of hydrogen-bond acceptors (Lipinski definition) is 5. The van der Waals surface area contributed by atoms with Crippen LogP contribution in [0.3, 0.4) is 0 Å². The first-order valence-corrected chi connectivity index (χ1v) is 8.78. The number of ether oxygens (including phenoxy) is 2. The highest BCUT2D eigenvalue weighted by molar-refractivity contribution is 5.86. The van der Waals surface area contributed by atoms with Crippen LogP contribution in [0.1, 0.15) is 31.7 Å². The molecule has 1 fully saturated rings. The molecule has 142 valence electrons. The van der Waals surface area contributed by atoms with Crippen molar-refractivity contribution >= 4 is 18.0 Å². The zero-order valence-electron chi connectivity index (χ0n) is 15.5. The Morgan fingerprint density at radius 3 is 2.50 bits per heavy atom. The summed E-state index contributed by atoms with van der Waals surface area (Å²) in [6, 6.07) is 8.63. The van der Waals surface area contributed by atoms with E-state index in [1.165, 1.54) is 16.9 Å². The van der Waals surface area contributed by atoms with E-state index in [2.05, 4.69) is 0 Å². The van der Waals surface area contributed by atoms with Crippen molar-refractivity contribution in [1.82, 2.24) is 9.80 Å². The minimum absolute atomic E-state index is 0.152. The maximum Gasteiger partial charge on any atom is 0.410 e. The van der Waals surface area contributed by atoms with E-state index in [9.17, 15) is 14.4 Å². The molecule has 1 saturated heterocycles. The number of hydrogen-bond donors (Lipinski definition) is 0. The molecule has 1 aliphatic rings. The number of benzene rings is 1. The maximum atomic E-state index is 12.5. The second kappa shape index (κ2) is 9.22. The van der Waals surface area contributed by atoms with Crippen LogP contribution in [-0.4, -0.2) is 60.6 Å². The fraction of sp³-hybridized carbons (Fsp3) is 0.526. The zero-order chi connectivity index (χ0) is 19.1. The lowest BCUT2D eigenvalue weighted by Gasteiger charge is -2.40. The van der Waals surface area contributed by atoms with Gasteiger partial charge in [-0.1, -0.05) is 37.3 Å². The average molecular weight is 362 g/mol. The minimum Gasteiger partial charge on any atom is -0.467 e. The van der Waals surface area contributed by atoms with E-state index in [1.54, 1.807) is 7.05 Å². The number of amides is 2. The van der Waals surface area contributed by atoms with Crippen LogP contribution in [0.2, 0.25) is 0 Å². The Kier molecular flexibility index (Phi) is 7.00. The molecule has 7 heteroatoms. The monoisotopic (exact) mass is 362 g/mol. The van der Waals surface area contributed by atoms with Crippen molar-refractivity contribution in [3.05, 3.63) is 35.9 Å². The Bertz CT molecular complexity index is 634. The maximum absolute atomic E-state index is 12.5. The van der Waals surface area contributed by atoms with Gasteiger partial charge >= 0.3 is 12.1 Å². The number of rotatable bonds is 7. The lowest BCUT2D eigenvalue weighted by atomic mass is 10.0. The van der Waals surface area contributed by atoms with Crippen LogP contribution in [0, 0.1) is 0 Å². The number of likely N-dealkylation sites (tertiary alicyclic amines) is 1. The second-order valence-electron chi connectivity index (χ2n) is 6.33. The molecule has 2 unspecified atom stereocenters. The van der Waals surface area contributed by atoms with Gasteiger partial charge < -0.3 is 19.3 Å². The Morgan fingerprint density at radius 1 is 1.27 bits per heavy atom.